The van der Waals surface area contributed by atoms with E-state index in [1.807, 2.05) is 49.4 Å². The fourth-order valence-corrected chi connectivity index (χ4v) is 3.90. The highest BCUT2D eigenvalue weighted by Crippen LogP contribution is 2.30. The van der Waals surface area contributed by atoms with Crippen molar-refractivity contribution in [3.63, 3.8) is 0 Å². The number of nitrogens with one attached hydrogen (secondary N) is 2. The number of halogens is 2. The van der Waals surface area contributed by atoms with E-state index in [1.165, 1.54) is 0 Å². The molecule has 5 nitrogen and oxygen atoms in total. The minimum Gasteiger partial charge on any atom is -0.490 e. The van der Waals surface area contributed by atoms with Crippen molar-refractivity contribution in [2.45, 2.75) is 32.9 Å². The van der Waals surface area contributed by atoms with Gasteiger partial charge in [-0.2, -0.15) is 0 Å². The van der Waals surface area contributed by atoms with Gasteiger partial charge in [-0.1, -0.05) is 47.5 Å². The van der Waals surface area contributed by atoms with Crippen molar-refractivity contribution in [2.24, 2.45) is 0 Å². The Kier molecular flexibility index (Phi) is 8.10. The van der Waals surface area contributed by atoms with Gasteiger partial charge in [-0.05, 0) is 67.4 Å². The lowest BCUT2D eigenvalue weighted by Crippen LogP contribution is -2.15. The Morgan fingerprint density at radius 1 is 0.909 bits per heavy atom. The quantitative estimate of drug-likeness (QED) is 0.237. The maximum Gasteiger partial charge on any atom is 0.161 e. The minimum absolute atomic E-state index is 0.385. The fraction of sp³-hybridized carbons (Fsp3) is 0.269. The molecule has 33 heavy (non-hydrogen) atoms. The standard InChI is InChI=1S/C26H27Cl2N3O2/c1-2-32-25-15-18(10-12-24(25)33-17-19-9-11-20(27)21(28)14-19)16-29-13-5-8-26-30-22-6-3-4-7-23(22)31-26/h3-4,6-7,9-12,14-15,29H,2,5,8,13,16-17H2,1H3,(H,30,31). The molecule has 3 aromatic carbocycles. The van der Waals surface area contributed by atoms with Crippen molar-refractivity contribution in [1.82, 2.24) is 15.3 Å². The second-order valence-electron chi connectivity index (χ2n) is 7.73. The molecular weight excluding hydrogens is 457 g/mol. The van der Waals surface area contributed by atoms with Crippen LogP contribution in [-0.4, -0.2) is 23.1 Å². The van der Waals surface area contributed by atoms with Crippen molar-refractivity contribution in [1.29, 1.82) is 0 Å². The average Bonchev–Trinajstić information content (AvgIpc) is 3.23. The van der Waals surface area contributed by atoms with Crippen LogP contribution in [0.15, 0.2) is 60.7 Å². The smallest absolute Gasteiger partial charge is 0.161 e. The number of hydrogen-bond acceptors (Lipinski definition) is 4. The number of rotatable bonds is 11. The summed E-state index contributed by atoms with van der Waals surface area (Å²) in [4.78, 5) is 8.01. The molecule has 0 radical (unpaired) electrons. The van der Waals surface area contributed by atoms with Gasteiger partial charge in [-0.3, -0.25) is 0 Å². The molecule has 0 saturated heterocycles. The van der Waals surface area contributed by atoms with Crippen LogP contribution in [0.5, 0.6) is 11.5 Å². The van der Waals surface area contributed by atoms with Crippen LogP contribution in [0.25, 0.3) is 11.0 Å². The van der Waals surface area contributed by atoms with Crippen molar-refractivity contribution in [3.8, 4) is 11.5 Å². The Hall–Kier alpha value is -2.73. The van der Waals surface area contributed by atoms with E-state index in [0.29, 0.717) is 29.0 Å². The van der Waals surface area contributed by atoms with Gasteiger partial charge < -0.3 is 19.8 Å². The van der Waals surface area contributed by atoms with Crippen LogP contribution in [0.3, 0.4) is 0 Å². The number of ether oxygens (including phenoxy) is 2. The average molecular weight is 484 g/mol. The van der Waals surface area contributed by atoms with E-state index in [0.717, 1.165) is 59.7 Å². The number of nitrogens with zero attached hydrogens (tertiary/aromatic N) is 1. The van der Waals surface area contributed by atoms with Gasteiger partial charge in [0.25, 0.3) is 0 Å². The first-order valence-corrected chi connectivity index (χ1v) is 11.8. The van der Waals surface area contributed by atoms with Crippen LogP contribution in [-0.2, 0) is 19.6 Å². The summed E-state index contributed by atoms with van der Waals surface area (Å²) < 4.78 is 11.8. The number of aromatic nitrogens is 2. The van der Waals surface area contributed by atoms with Crippen LogP contribution in [0, 0.1) is 0 Å². The molecule has 0 aliphatic rings. The Morgan fingerprint density at radius 2 is 1.76 bits per heavy atom. The topological polar surface area (TPSA) is 59.2 Å². The fourth-order valence-electron chi connectivity index (χ4n) is 3.58. The summed E-state index contributed by atoms with van der Waals surface area (Å²) in [5.41, 5.74) is 4.20. The number of H-pyrrole nitrogens is 1. The van der Waals surface area contributed by atoms with Gasteiger partial charge in [0.2, 0.25) is 0 Å². The lowest BCUT2D eigenvalue weighted by Gasteiger charge is -2.14. The highest BCUT2D eigenvalue weighted by molar-refractivity contribution is 6.42. The SMILES string of the molecule is CCOc1cc(CNCCCc2nc3ccccc3[nH]2)ccc1OCc1ccc(Cl)c(Cl)c1. The van der Waals surface area contributed by atoms with E-state index >= 15 is 0 Å². The van der Waals surface area contributed by atoms with Crippen LogP contribution < -0.4 is 14.8 Å². The van der Waals surface area contributed by atoms with Gasteiger partial charge in [0.05, 0.1) is 27.7 Å². The van der Waals surface area contributed by atoms with Crippen molar-refractivity contribution < 1.29 is 9.47 Å². The maximum atomic E-state index is 6.10. The molecule has 0 unspecified atom stereocenters. The van der Waals surface area contributed by atoms with E-state index in [2.05, 4.69) is 27.4 Å². The Morgan fingerprint density at radius 3 is 2.58 bits per heavy atom. The summed E-state index contributed by atoms with van der Waals surface area (Å²) in [6, 6.07) is 19.6. The number of benzene rings is 3. The zero-order valence-corrected chi connectivity index (χ0v) is 20.0. The van der Waals surface area contributed by atoms with E-state index in [9.17, 15) is 0 Å². The molecule has 0 aliphatic heterocycles. The molecule has 0 aliphatic carbocycles. The third kappa shape index (κ3) is 6.41. The first kappa shape index (κ1) is 23.4. The Labute approximate surface area is 204 Å². The third-order valence-corrected chi connectivity index (χ3v) is 5.96. The van der Waals surface area contributed by atoms with Crippen LogP contribution in [0.4, 0.5) is 0 Å². The molecule has 1 heterocycles. The number of para-hydroxylation sites is 2. The maximum absolute atomic E-state index is 6.10. The van der Waals surface area contributed by atoms with Crippen LogP contribution in [0.2, 0.25) is 10.0 Å². The van der Waals surface area contributed by atoms with Crippen LogP contribution in [0.1, 0.15) is 30.3 Å². The molecule has 0 bridgehead atoms. The molecule has 0 saturated carbocycles. The molecular formula is C26H27Cl2N3O2. The molecule has 2 N–H and O–H groups in total. The first-order chi connectivity index (χ1) is 16.1. The molecule has 0 spiro atoms. The number of hydrogen-bond donors (Lipinski definition) is 2. The summed E-state index contributed by atoms with van der Waals surface area (Å²) in [5.74, 6) is 2.47. The van der Waals surface area contributed by atoms with Gasteiger partial charge in [0.15, 0.2) is 11.5 Å². The molecule has 0 fully saturated rings. The highest BCUT2D eigenvalue weighted by atomic mass is 35.5. The molecule has 1 aromatic heterocycles. The van der Waals surface area contributed by atoms with E-state index < -0.39 is 0 Å². The van der Waals surface area contributed by atoms with E-state index in [1.54, 1.807) is 6.07 Å². The predicted octanol–water partition coefficient (Wildman–Crippen LogP) is 6.57. The van der Waals surface area contributed by atoms with Crippen LogP contribution >= 0.6 is 23.2 Å². The van der Waals surface area contributed by atoms with Gasteiger partial charge in [-0.25, -0.2) is 4.98 Å². The Balaban J connectivity index is 1.27. The van der Waals surface area contributed by atoms with Crippen molar-refractivity contribution in [3.05, 3.63) is 87.7 Å². The number of imidazole rings is 1. The summed E-state index contributed by atoms with van der Waals surface area (Å²) in [6.07, 6.45) is 1.91. The predicted molar refractivity (Wildman–Crippen MR) is 135 cm³/mol. The minimum atomic E-state index is 0.385. The second-order valence-corrected chi connectivity index (χ2v) is 8.55. The molecule has 0 atom stereocenters. The molecule has 4 rings (SSSR count). The normalized spacial score (nSPS) is 11.1. The van der Waals surface area contributed by atoms with Crippen molar-refractivity contribution >= 4 is 34.2 Å². The van der Waals surface area contributed by atoms with E-state index in [4.69, 9.17) is 32.7 Å². The number of aryl methyl sites for hydroxylation is 1. The molecule has 172 valence electrons. The van der Waals surface area contributed by atoms with Gasteiger partial charge in [-0.15, -0.1) is 0 Å². The largest absolute Gasteiger partial charge is 0.490 e. The summed E-state index contributed by atoms with van der Waals surface area (Å²) in [6.45, 7) is 4.57. The van der Waals surface area contributed by atoms with Gasteiger partial charge in [0, 0.05) is 13.0 Å². The highest BCUT2D eigenvalue weighted by Gasteiger charge is 2.08. The zero-order chi connectivity index (χ0) is 23.0. The molecule has 4 aromatic rings. The number of aromatic amines is 1. The van der Waals surface area contributed by atoms with Crippen molar-refractivity contribution in [2.75, 3.05) is 13.2 Å². The first-order valence-electron chi connectivity index (χ1n) is 11.1. The lowest BCUT2D eigenvalue weighted by atomic mass is 10.2. The lowest BCUT2D eigenvalue weighted by molar-refractivity contribution is 0.269. The van der Waals surface area contributed by atoms with Gasteiger partial charge >= 0.3 is 0 Å². The summed E-state index contributed by atoms with van der Waals surface area (Å²) >= 11 is 12.1. The molecule has 0 amide bonds. The third-order valence-electron chi connectivity index (χ3n) is 5.22. The van der Waals surface area contributed by atoms with E-state index in [-0.39, 0.29) is 0 Å². The number of fused-ring (bicyclic) bond motifs is 1. The zero-order valence-electron chi connectivity index (χ0n) is 18.5. The summed E-state index contributed by atoms with van der Waals surface area (Å²) in [7, 11) is 0. The summed E-state index contributed by atoms with van der Waals surface area (Å²) in [5, 5.41) is 4.55. The van der Waals surface area contributed by atoms with Gasteiger partial charge in [0.1, 0.15) is 12.4 Å². The Bertz CT molecular complexity index is 1180. The second kappa shape index (κ2) is 11.4. The monoisotopic (exact) mass is 483 g/mol. The molecule has 7 heteroatoms.